The van der Waals surface area contributed by atoms with Gasteiger partial charge in [-0.1, -0.05) is 230 Å². The number of anilines is 3. The number of piperazine rings is 1. The predicted octanol–water partition coefficient (Wildman–Crippen LogP) is 20.5. The lowest BCUT2D eigenvalue weighted by atomic mass is 9.86. The highest BCUT2D eigenvalue weighted by Crippen LogP contribution is 2.33. The number of morpholine rings is 1. The molecule has 8 heterocycles. The summed E-state index contributed by atoms with van der Waals surface area (Å²) in [4.78, 5) is 83.3. The fourth-order valence-corrected chi connectivity index (χ4v) is 20.8. The van der Waals surface area contributed by atoms with E-state index in [-0.39, 0.29) is 79.1 Å². The maximum atomic E-state index is 12.7. The van der Waals surface area contributed by atoms with Crippen LogP contribution in [0, 0.1) is 0 Å². The molecule has 8 fully saturated rings. The summed E-state index contributed by atoms with van der Waals surface area (Å²) in [6, 6.07) is 56.8. The largest absolute Gasteiger partial charge is 0.378 e. The van der Waals surface area contributed by atoms with E-state index in [1.807, 2.05) is 172 Å². The summed E-state index contributed by atoms with van der Waals surface area (Å²) in [7, 11) is -0.488. The van der Waals surface area contributed by atoms with Gasteiger partial charge >= 0.3 is 6.03 Å². The molecule has 1 atom stereocenters. The summed E-state index contributed by atoms with van der Waals surface area (Å²) in [5, 5.41) is 5.99. The summed E-state index contributed by atoms with van der Waals surface area (Å²) in [6.07, 6.45) is 14.5. The van der Waals surface area contributed by atoms with Crippen LogP contribution < -0.4 is 20.1 Å². The van der Waals surface area contributed by atoms with E-state index in [0.29, 0.717) is 69.4 Å². The Bertz CT molecular complexity index is 5300. The Labute approximate surface area is 869 Å². The van der Waals surface area contributed by atoms with Gasteiger partial charge < -0.3 is 59.5 Å². The fraction of sp³-hybridized carbons (Fsp3) is 0.602. The summed E-state index contributed by atoms with van der Waals surface area (Å²) >= 11 is 0. The van der Waals surface area contributed by atoms with E-state index in [1.54, 1.807) is 0 Å². The van der Waals surface area contributed by atoms with Gasteiger partial charge in [0.15, 0.2) is 0 Å². The lowest BCUT2D eigenvalue weighted by Crippen LogP contribution is -2.46. The number of hydrogen-bond acceptors (Lipinski definition) is 16. The first-order chi connectivity index (χ1) is 67.6. The van der Waals surface area contributed by atoms with Gasteiger partial charge in [-0.15, -0.1) is 0 Å². The fourth-order valence-electron chi connectivity index (χ4n) is 18.6. The second kappa shape index (κ2) is 54.2. The van der Waals surface area contributed by atoms with Crippen LogP contribution in [0.15, 0.2) is 170 Å². The molecule has 26 heteroatoms. The first kappa shape index (κ1) is 118. The number of hydrogen-bond donors (Lipinski definition) is 4. The minimum atomic E-state index is -3.30. The van der Waals surface area contributed by atoms with Crippen molar-refractivity contribution in [3.05, 3.63) is 231 Å². The smallest absolute Gasteiger partial charge is 0.322 e. The Morgan fingerprint density at radius 2 is 0.646 bits per heavy atom. The third-order valence-corrected chi connectivity index (χ3v) is 31.0. The molecule has 6 amide bonds. The zero-order valence-electron chi connectivity index (χ0n) is 92.6. The van der Waals surface area contributed by atoms with E-state index in [9.17, 15) is 40.8 Å². The van der Waals surface area contributed by atoms with Crippen LogP contribution in [0.5, 0.6) is 0 Å². The van der Waals surface area contributed by atoms with Gasteiger partial charge in [0.1, 0.15) is 0 Å². The molecule has 0 bridgehead atoms. The lowest BCUT2D eigenvalue weighted by Gasteiger charge is -2.36. The molecule has 0 aliphatic carbocycles. The van der Waals surface area contributed by atoms with Gasteiger partial charge in [0, 0.05) is 156 Å². The first-order valence-electron chi connectivity index (χ1n) is 53.4. The molecule has 15 rings (SSSR count). The SMILES string of the molecule is CC(C)(C)c1ccc(C(=O)N2CCC(N3CCCC3)CC2)cc1.CC(C)(C)c1ccc(C(=O)N2CCCC2)cc1.CC(C)(C)c1ccc(C(=O)N2CCOCC2)cc1.CC(C)(C)c1ccc(NC(=O)N2CCC[C@@H]2CN2CCCC2)cc1.CC(C)(C)c1ccc(NS(=O)(=O)CCN2CCCC2)cc1.CN(C)CCNC(=O)c1ccc(C(C)(C)C)cc1.CN1CCN(CCS(=O)(=O)Nc2ccc(C(C)(C)C)cc2)CC1. The third-order valence-electron chi connectivity index (χ3n) is 28.5. The maximum Gasteiger partial charge on any atom is 0.322 e. The van der Waals surface area contributed by atoms with Gasteiger partial charge in [-0.3, -0.25) is 33.5 Å². The number of amides is 6. The number of nitrogens with zero attached hydrogens (tertiary/aromatic N) is 10. The molecule has 8 aliphatic heterocycles. The highest BCUT2D eigenvalue weighted by molar-refractivity contribution is 7.93. The summed E-state index contributed by atoms with van der Waals surface area (Å²) in [5.74, 6) is 0.788. The number of benzene rings is 7. The average Bonchev–Trinajstić information content (AvgIpc) is 1.44. The number of sulfonamides is 2. The molecule has 144 heavy (non-hydrogen) atoms. The summed E-state index contributed by atoms with van der Waals surface area (Å²) < 4.78 is 59.3. The molecule has 4 N–H and O–H groups in total. The van der Waals surface area contributed by atoms with E-state index < -0.39 is 20.0 Å². The van der Waals surface area contributed by atoms with Crippen molar-refractivity contribution >= 4 is 66.8 Å². The molecular formula is C118H182N14O10S2. The summed E-state index contributed by atoms with van der Waals surface area (Å²) in [5.41, 5.74) is 14.8. The molecule has 0 saturated carbocycles. The van der Waals surface area contributed by atoms with Crippen LogP contribution >= 0.6 is 0 Å². The van der Waals surface area contributed by atoms with E-state index >= 15 is 0 Å². The van der Waals surface area contributed by atoms with Crippen LogP contribution in [0.3, 0.4) is 0 Å². The Morgan fingerprint density at radius 3 is 1.00 bits per heavy atom. The topological polar surface area (TPSA) is 243 Å². The number of likely N-dealkylation sites (tertiary alicyclic amines) is 6. The maximum absolute atomic E-state index is 12.7. The van der Waals surface area contributed by atoms with Crippen molar-refractivity contribution in [3.63, 3.8) is 0 Å². The Hall–Kier alpha value is -9.09. The summed E-state index contributed by atoms with van der Waals surface area (Å²) in [6.45, 7) is 67.4. The minimum absolute atomic E-state index is 0.00249. The van der Waals surface area contributed by atoms with Crippen LogP contribution in [0.2, 0.25) is 0 Å². The van der Waals surface area contributed by atoms with E-state index in [2.05, 4.69) is 233 Å². The van der Waals surface area contributed by atoms with Crippen LogP contribution in [0.4, 0.5) is 21.9 Å². The molecule has 0 spiro atoms. The van der Waals surface area contributed by atoms with Crippen LogP contribution in [0.25, 0.3) is 0 Å². The Balaban J connectivity index is 0.000000188. The molecule has 8 saturated heterocycles. The molecule has 796 valence electrons. The number of carbonyl (C=O) groups excluding carboxylic acids is 5. The van der Waals surface area contributed by atoms with Crippen molar-refractivity contribution in [2.75, 3.05) is 205 Å². The molecule has 0 radical (unpaired) electrons. The highest BCUT2D eigenvalue weighted by Gasteiger charge is 2.34. The molecule has 8 aliphatic rings. The zero-order chi connectivity index (χ0) is 106. The number of piperidine rings is 1. The number of ether oxygens (including phenoxy) is 1. The minimum Gasteiger partial charge on any atom is -0.378 e. The van der Waals surface area contributed by atoms with Gasteiger partial charge in [-0.05, 0) is 299 Å². The average molecular weight is 2020 g/mol. The monoisotopic (exact) mass is 2020 g/mol. The molecule has 0 aromatic heterocycles. The molecule has 0 unspecified atom stereocenters. The van der Waals surface area contributed by atoms with Gasteiger partial charge in [0.05, 0.1) is 24.7 Å². The number of urea groups is 1. The van der Waals surface area contributed by atoms with Gasteiger partial charge in [0.25, 0.3) is 23.6 Å². The van der Waals surface area contributed by atoms with Crippen LogP contribution in [-0.2, 0) is 62.7 Å². The Kier molecular flexibility index (Phi) is 44.6. The van der Waals surface area contributed by atoms with E-state index in [4.69, 9.17) is 4.74 Å². The van der Waals surface area contributed by atoms with Crippen molar-refractivity contribution in [2.24, 2.45) is 0 Å². The number of rotatable bonds is 21. The normalized spacial score (nSPS) is 17.9. The molecular weight excluding hydrogens is 1840 g/mol. The van der Waals surface area contributed by atoms with Gasteiger partial charge in [0.2, 0.25) is 20.0 Å². The van der Waals surface area contributed by atoms with Crippen molar-refractivity contribution in [1.82, 2.24) is 54.3 Å². The first-order valence-corrected chi connectivity index (χ1v) is 56.7. The second-order valence-electron chi connectivity index (χ2n) is 48.0. The van der Waals surface area contributed by atoms with Crippen molar-refractivity contribution in [2.45, 2.75) is 272 Å². The van der Waals surface area contributed by atoms with Crippen molar-refractivity contribution in [3.8, 4) is 0 Å². The zero-order valence-corrected chi connectivity index (χ0v) is 94.2. The Morgan fingerprint density at radius 1 is 0.340 bits per heavy atom. The number of carbonyl (C=O) groups is 5. The van der Waals surface area contributed by atoms with Crippen LogP contribution in [-0.4, -0.2) is 297 Å². The highest BCUT2D eigenvalue weighted by atomic mass is 32.2. The van der Waals surface area contributed by atoms with Crippen molar-refractivity contribution < 1.29 is 45.5 Å². The quantitative estimate of drug-likeness (QED) is 0.0523. The predicted molar refractivity (Wildman–Crippen MR) is 597 cm³/mol. The van der Waals surface area contributed by atoms with E-state index in [0.717, 1.165) is 152 Å². The van der Waals surface area contributed by atoms with Gasteiger partial charge in [-0.2, -0.15) is 0 Å². The lowest BCUT2D eigenvalue weighted by molar-refractivity contribution is 0.0302. The number of likely N-dealkylation sites (N-methyl/N-ethyl adjacent to an activating group) is 2. The molecule has 24 nitrogen and oxygen atoms in total. The molecule has 7 aromatic rings. The molecule has 7 aromatic carbocycles. The number of nitrogens with one attached hydrogen (secondary N) is 4. The second-order valence-corrected chi connectivity index (χ2v) is 51.7. The van der Waals surface area contributed by atoms with Crippen molar-refractivity contribution in [1.29, 1.82) is 0 Å². The third kappa shape index (κ3) is 39.8. The van der Waals surface area contributed by atoms with Crippen LogP contribution in [0.1, 0.15) is 303 Å². The standard InChI is InChI=1S/C20H31N3O.C20H30N2O.C17H29N3O2S.C16H26N2O2S.C15H24N2O.C15H21NO2.C15H21NO/c1-20(2,3)16-8-10-17(11-9-16)21-19(24)23-14-6-7-18(23)15-22-12-4-5-13-22;1-20(2,3)17-8-6-16(7-9-17)19(23)22-14-10-18(11-15-22)21-12-4-5-13-21;1-17(2,3)15-5-7-16(8-6-15)18-23(21,22)14-13-20-11-9-19(4)10-12-20;1-16(2,3)14-6-8-15(9-7-14)17-21(19,20)13-12-18-10-4-5-11-18;1-15(2,3)13-8-6-12(7-9-13)14(18)16-10-11-17(4)5;1-15(2,3)13-6-4-12(5-7-13)14(17)16-8-10-18-11-9-16;1-15(2,3)13-8-6-12(7-9-13)14(17)16-10-4-5-11-16/h8-11,18H,4-7,12-15H2,1-3H3,(H,21,24);6-9,18H,4-5,10-15H2,1-3H3;5-8,18H,9-14H2,1-4H3;6-9,17H,4-5,10-13H2,1-3H3;6-9H,10-11H2,1-5H3,(H,16,18);4-7H,8-11H2,1-3H3;6-9H,4-5,10-11H2,1-3H3/t18-;;;;;;/m1....../s1. The van der Waals surface area contributed by atoms with Gasteiger partial charge in [-0.25, -0.2) is 21.6 Å². The van der Waals surface area contributed by atoms with E-state index in [1.165, 1.54) is 104 Å².